The van der Waals surface area contributed by atoms with Gasteiger partial charge >= 0.3 is 0 Å². The molecule has 1 aliphatic rings. The number of rotatable bonds is 4. The second-order valence-electron chi connectivity index (χ2n) is 5.09. The highest BCUT2D eigenvalue weighted by Crippen LogP contribution is 2.34. The molecule has 0 spiro atoms. The fourth-order valence-corrected chi connectivity index (χ4v) is 2.64. The zero-order chi connectivity index (χ0) is 14.8. The molecule has 1 aromatic carbocycles. The van der Waals surface area contributed by atoms with E-state index in [4.69, 9.17) is 0 Å². The zero-order valence-corrected chi connectivity index (χ0v) is 12.4. The van der Waals surface area contributed by atoms with Crippen LogP contribution in [-0.2, 0) is 12.8 Å². The Kier molecular flexibility index (Phi) is 3.73. The zero-order valence-electron chi connectivity index (χ0n) is 12.4. The van der Waals surface area contributed by atoms with Crippen molar-refractivity contribution >= 4 is 17.3 Å². The van der Waals surface area contributed by atoms with E-state index in [9.17, 15) is 4.39 Å². The molecular formula is C16H19FN4. The topological polar surface area (TPSA) is 41.0 Å². The van der Waals surface area contributed by atoms with Gasteiger partial charge in [-0.1, -0.05) is 13.0 Å². The average molecular weight is 286 g/mol. The first-order chi connectivity index (χ1) is 10.2. The van der Waals surface area contributed by atoms with E-state index in [1.54, 1.807) is 6.07 Å². The van der Waals surface area contributed by atoms with Gasteiger partial charge in [-0.25, -0.2) is 14.4 Å². The fraction of sp³-hybridized carbons (Fsp3) is 0.375. The summed E-state index contributed by atoms with van der Waals surface area (Å²) in [6, 6.07) is 6.90. The second-order valence-corrected chi connectivity index (χ2v) is 5.09. The van der Waals surface area contributed by atoms with E-state index in [1.165, 1.54) is 6.07 Å². The number of hydrogen-bond donors (Lipinski definition) is 1. The number of nitrogens with zero attached hydrogens (tertiary/aromatic N) is 3. The summed E-state index contributed by atoms with van der Waals surface area (Å²) in [7, 11) is 0. The van der Waals surface area contributed by atoms with Crippen LogP contribution in [0.3, 0.4) is 0 Å². The van der Waals surface area contributed by atoms with Gasteiger partial charge in [0.1, 0.15) is 23.3 Å². The number of fused-ring (bicyclic) bond motifs is 1. The minimum Gasteiger partial charge on any atom is -0.370 e. The second kappa shape index (κ2) is 5.68. The highest BCUT2D eigenvalue weighted by molar-refractivity contribution is 5.69. The number of aromatic nitrogens is 2. The Morgan fingerprint density at radius 1 is 1.24 bits per heavy atom. The summed E-state index contributed by atoms with van der Waals surface area (Å²) in [5.74, 6) is 2.25. The van der Waals surface area contributed by atoms with Crippen LogP contribution in [0.2, 0.25) is 0 Å². The molecule has 1 aromatic heterocycles. The summed E-state index contributed by atoms with van der Waals surface area (Å²) in [5.41, 5.74) is 2.08. The van der Waals surface area contributed by atoms with Crippen molar-refractivity contribution < 1.29 is 4.39 Å². The van der Waals surface area contributed by atoms with Crippen molar-refractivity contribution in [2.75, 3.05) is 23.3 Å². The highest BCUT2D eigenvalue weighted by Gasteiger charge is 2.22. The van der Waals surface area contributed by atoms with Gasteiger partial charge in [-0.05, 0) is 31.0 Å². The molecule has 0 aliphatic carbocycles. The Labute approximate surface area is 124 Å². The van der Waals surface area contributed by atoms with E-state index in [2.05, 4.69) is 20.2 Å². The monoisotopic (exact) mass is 286 g/mol. The molecule has 0 fully saturated rings. The van der Waals surface area contributed by atoms with Crippen LogP contribution in [0.4, 0.5) is 21.7 Å². The molecular weight excluding hydrogens is 267 g/mol. The van der Waals surface area contributed by atoms with Crippen LogP contribution in [0, 0.1) is 5.82 Å². The molecule has 2 aromatic rings. The van der Waals surface area contributed by atoms with Crippen molar-refractivity contribution in [3.8, 4) is 0 Å². The third kappa shape index (κ3) is 2.68. The molecule has 110 valence electrons. The maximum Gasteiger partial charge on any atom is 0.138 e. The summed E-state index contributed by atoms with van der Waals surface area (Å²) in [4.78, 5) is 11.1. The number of nitrogens with one attached hydrogen (secondary N) is 1. The minimum absolute atomic E-state index is 0.211. The van der Waals surface area contributed by atoms with E-state index >= 15 is 0 Å². The van der Waals surface area contributed by atoms with E-state index in [0.717, 1.165) is 54.6 Å². The maximum absolute atomic E-state index is 13.5. The highest BCUT2D eigenvalue weighted by atomic mass is 19.1. The van der Waals surface area contributed by atoms with Crippen LogP contribution in [0.1, 0.15) is 25.2 Å². The van der Waals surface area contributed by atoms with Crippen LogP contribution >= 0.6 is 0 Å². The molecule has 1 aliphatic heterocycles. The van der Waals surface area contributed by atoms with Crippen LogP contribution in [-0.4, -0.2) is 23.1 Å². The van der Waals surface area contributed by atoms with E-state index in [-0.39, 0.29) is 5.82 Å². The smallest absolute Gasteiger partial charge is 0.138 e. The molecule has 0 unspecified atom stereocenters. The van der Waals surface area contributed by atoms with Crippen LogP contribution in [0.15, 0.2) is 24.3 Å². The molecule has 0 amide bonds. The van der Waals surface area contributed by atoms with Gasteiger partial charge in [0, 0.05) is 31.3 Å². The van der Waals surface area contributed by atoms with Gasteiger partial charge in [-0.3, -0.25) is 0 Å². The Bertz CT molecular complexity index is 657. The van der Waals surface area contributed by atoms with Crippen molar-refractivity contribution in [1.29, 1.82) is 0 Å². The average Bonchev–Trinajstić information content (AvgIpc) is 2.90. The first-order valence-corrected chi connectivity index (χ1v) is 7.39. The Balaban J connectivity index is 2.02. The summed E-state index contributed by atoms with van der Waals surface area (Å²) in [5, 5.41) is 3.23. The minimum atomic E-state index is -0.211. The van der Waals surface area contributed by atoms with E-state index in [1.807, 2.05) is 26.0 Å². The largest absolute Gasteiger partial charge is 0.370 e. The standard InChI is InChI=1S/C16H19FN4/c1-3-14-19-15(18-4-2)10-16(20-14)21-8-7-11-5-6-12(17)9-13(11)21/h5-6,9-10H,3-4,7-8H2,1-2H3,(H,18,19,20). The van der Waals surface area contributed by atoms with E-state index < -0.39 is 0 Å². The number of benzene rings is 1. The van der Waals surface area contributed by atoms with Crippen LogP contribution in [0.5, 0.6) is 0 Å². The molecule has 4 nitrogen and oxygen atoms in total. The molecule has 21 heavy (non-hydrogen) atoms. The van der Waals surface area contributed by atoms with Crippen molar-refractivity contribution in [3.63, 3.8) is 0 Å². The van der Waals surface area contributed by atoms with Gasteiger partial charge in [0.2, 0.25) is 0 Å². The van der Waals surface area contributed by atoms with Gasteiger partial charge in [-0.15, -0.1) is 0 Å². The third-order valence-electron chi connectivity index (χ3n) is 3.65. The lowest BCUT2D eigenvalue weighted by Crippen LogP contribution is -2.17. The lowest BCUT2D eigenvalue weighted by Gasteiger charge is -2.20. The lowest BCUT2D eigenvalue weighted by molar-refractivity contribution is 0.628. The molecule has 0 atom stereocenters. The predicted molar refractivity (Wildman–Crippen MR) is 82.7 cm³/mol. The number of halogens is 1. The summed E-state index contributed by atoms with van der Waals surface area (Å²) < 4.78 is 13.5. The first-order valence-electron chi connectivity index (χ1n) is 7.39. The van der Waals surface area contributed by atoms with Gasteiger partial charge in [0.25, 0.3) is 0 Å². The lowest BCUT2D eigenvalue weighted by atomic mass is 10.2. The molecule has 5 heteroatoms. The molecule has 2 heterocycles. The number of hydrogen-bond acceptors (Lipinski definition) is 4. The molecule has 3 rings (SSSR count). The Morgan fingerprint density at radius 2 is 2.10 bits per heavy atom. The summed E-state index contributed by atoms with van der Waals surface area (Å²) in [6.45, 7) is 5.70. The van der Waals surface area contributed by atoms with E-state index in [0.29, 0.717) is 0 Å². The van der Waals surface area contributed by atoms with Gasteiger partial charge in [0.05, 0.1) is 0 Å². The normalized spacial score (nSPS) is 13.4. The first kappa shape index (κ1) is 13.8. The van der Waals surface area contributed by atoms with Crippen LogP contribution in [0.25, 0.3) is 0 Å². The molecule has 0 bridgehead atoms. The Morgan fingerprint density at radius 3 is 2.86 bits per heavy atom. The maximum atomic E-state index is 13.5. The number of aryl methyl sites for hydroxylation is 1. The quantitative estimate of drug-likeness (QED) is 0.936. The molecule has 0 saturated carbocycles. The number of anilines is 3. The predicted octanol–water partition coefficient (Wildman–Crippen LogP) is 3.30. The van der Waals surface area contributed by atoms with Gasteiger partial charge in [0.15, 0.2) is 0 Å². The van der Waals surface area contributed by atoms with Gasteiger partial charge < -0.3 is 10.2 Å². The van der Waals surface area contributed by atoms with Gasteiger partial charge in [-0.2, -0.15) is 0 Å². The molecule has 0 saturated heterocycles. The fourth-order valence-electron chi connectivity index (χ4n) is 2.64. The summed E-state index contributed by atoms with van der Waals surface area (Å²) >= 11 is 0. The summed E-state index contributed by atoms with van der Waals surface area (Å²) in [6.07, 6.45) is 1.69. The third-order valence-corrected chi connectivity index (χ3v) is 3.65. The van der Waals surface area contributed by atoms with Crippen molar-refractivity contribution in [3.05, 3.63) is 41.5 Å². The molecule has 0 radical (unpaired) electrons. The SMILES string of the molecule is CCNc1cc(N2CCc3ccc(F)cc32)nc(CC)n1. The van der Waals surface area contributed by atoms with Crippen molar-refractivity contribution in [2.45, 2.75) is 26.7 Å². The Hall–Kier alpha value is -2.17. The van der Waals surface area contributed by atoms with Crippen LogP contribution < -0.4 is 10.2 Å². The van der Waals surface area contributed by atoms with Crippen molar-refractivity contribution in [2.24, 2.45) is 0 Å². The molecule has 1 N–H and O–H groups in total. The van der Waals surface area contributed by atoms with Crippen molar-refractivity contribution in [1.82, 2.24) is 9.97 Å².